The van der Waals surface area contributed by atoms with E-state index in [9.17, 15) is 4.57 Å². The molecule has 0 bridgehead atoms. The second-order valence-electron chi connectivity index (χ2n) is 4.73. The molecular formula is C12H29N4OP. The third-order valence-electron chi connectivity index (χ3n) is 3.27. The summed E-state index contributed by atoms with van der Waals surface area (Å²) < 4.78 is 11.6. The summed E-state index contributed by atoms with van der Waals surface area (Å²) >= 11 is 0. The first-order valence-corrected chi connectivity index (χ1v) is 9.01. The largest absolute Gasteiger partial charge is 0.327 e. The van der Waals surface area contributed by atoms with Crippen LogP contribution in [-0.2, 0) is 4.57 Å². The van der Waals surface area contributed by atoms with Crippen LogP contribution in [0.25, 0.3) is 0 Å². The van der Waals surface area contributed by atoms with Crippen LogP contribution in [0.15, 0.2) is 0 Å². The zero-order chi connectivity index (χ0) is 13.1. The van der Waals surface area contributed by atoms with Gasteiger partial charge in [0, 0.05) is 65.1 Å². The smallest absolute Gasteiger partial charge is 0.0772 e. The van der Waals surface area contributed by atoms with Crippen molar-refractivity contribution in [2.24, 2.45) is 0 Å². The van der Waals surface area contributed by atoms with Gasteiger partial charge < -0.3 is 25.4 Å². The van der Waals surface area contributed by atoms with E-state index in [1.54, 1.807) is 0 Å². The van der Waals surface area contributed by atoms with Crippen LogP contribution in [0, 0.1) is 0 Å². The topological polar surface area (TPSA) is 56.4 Å². The molecule has 0 aromatic carbocycles. The Morgan fingerprint density at radius 1 is 0.944 bits per heavy atom. The Labute approximate surface area is 112 Å². The second kappa shape index (κ2) is 10.9. The highest BCUT2D eigenvalue weighted by Gasteiger charge is 2.06. The molecule has 6 heteroatoms. The van der Waals surface area contributed by atoms with Gasteiger partial charge in [0.2, 0.25) is 0 Å². The van der Waals surface area contributed by atoms with Crippen LogP contribution in [0.3, 0.4) is 0 Å². The Balaban J connectivity index is 2.25. The minimum atomic E-state index is -1.32. The maximum atomic E-state index is 11.6. The van der Waals surface area contributed by atoms with Gasteiger partial charge in [0.25, 0.3) is 0 Å². The van der Waals surface area contributed by atoms with Gasteiger partial charge in [-0.15, -0.1) is 0 Å². The number of hydrogen-bond acceptors (Lipinski definition) is 5. The summed E-state index contributed by atoms with van der Waals surface area (Å²) in [6.45, 7) is 11.3. The predicted octanol–water partition coefficient (Wildman–Crippen LogP) is -0.350. The van der Waals surface area contributed by atoms with Crippen molar-refractivity contribution in [2.75, 3.05) is 71.2 Å². The average molecular weight is 276 g/mol. The summed E-state index contributed by atoms with van der Waals surface area (Å²) in [6.07, 6.45) is 1.73. The Kier molecular flexibility index (Phi) is 9.80. The van der Waals surface area contributed by atoms with Crippen LogP contribution < -0.4 is 16.0 Å². The van der Waals surface area contributed by atoms with E-state index in [0.29, 0.717) is 0 Å². The van der Waals surface area contributed by atoms with Crippen LogP contribution in [0.1, 0.15) is 6.92 Å². The first kappa shape index (κ1) is 16.1. The van der Waals surface area contributed by atoms with Gasteiger partial charge in [0.15, 0.2) is 0 Å². The van der Waals surface area contributed by atoms with Crippen LogP contribution in [-0.4, -0.2) is 76.1 Å². The zero-order valence-corrected chi connectivity index (χ0v) is 12.6. The number of hydrogen-bond donors (Lipinski definition) is 3. The fraction of sp³-hybridized carbons (Fsp3) is 1.00. The maximum Gasteiger partial charge on any atom is 0.0772 e. The summed E-state index contributed by atoms with van der Waals surface area (Å²) in [6, 6.07) is 0. The van der Waals surface area contributed by atoms with Crippen LogP contribution in [0.5, 0.6) is 0 Å². The quantitative estimate of drug-likeness (QED) is 0.613. The summed E-state index contributed by atoms with van der Waals surface area (Å²) in [5.74, 6) is 0. The molecule has 0 saturated carbocycles. The molecule has 0 aliphatic carbocycles. The Bertz CT molecular complexity index is 216. The molecular weight excluding hydrogens is 247 g/mol. The van der Waals surface area contributed by atoms with Crippen molar-refractivity contribution >= 4 is 7.80 Å². The van der Waals surface area contributed by atoms with Crippen molar-refractivity contribution in [3.8, 4) is 0 Å². The zero-order valence-electron chi connectivity index (χ0n) is 11.6. The number of nitrogens with zero attached hydrogens (tertiary/aromatic N) is 1. The lowest BCUT2D eigenvalue weighted by Gasteiger charge is -2.23. The molecule has 1 aliphatic rings. The lowest BCUT2D eigenvalue weighted by atomic mass is 10.4. The SMILES string of the molecule is CC[PH](=O)CCN1CCNCCNCCNCC1. The molecule has 3 N–H and O–H groups in total. The van der Waals surface area contributed by atoms with Gasteiger partial charge in [-0.2, -0.15) is 0 Å². The fourth-order valence-corrected chi connectivity index (χ4v) is 2.92. The molecule has 5 nitrogen and oxygen atoms in total. The summed E-state index contributed by atoms with van der Waals surface area (Å²) in [5, 5.41) is 10.3. The van der Waals surface area contributed by atoms with Crippen molar-refractivity contribution in [2.45, 2.75) is 6.92 Å². The first-order chi connectivity index (χ1) is 8.83. The molecule has 0 spiro atoms. The summed E-state index contributed by atoms with van der Waals surface area (Å²) in [5.41, 5.74) is 0. The number of nitrogens with one attached hydrogen (secondary N) is 3. The van der Waals surface area contributed by atoms with E-state index in [-0.39, 0.29) is 0 Å². The molecule has 0 amide bonds. The molecule has 1 atom stereocenters. The normalized spacial score (nSPS) is 22.9. The lowest BCUT2D eigenvalue weighted by molar-refractivity contribution is 0.285. The Morgan fingerprint density at radius 3 is 1.94 bits per heavy atom. The third kappa shape index (κ3) is 8.22. The molecule has 0 radical (unpaired) electrons. The van der Waals surface area contributed by atoms with Gasteiger partial charge in [-0.1, -0.05) is 6.92 Å². The standard InChI is InChI=1S/C12H29N4OP/c1-2-18(17)12-11-16-9-7-14-5-3-13-4-6-15-8-10-16/h13-15,18H,2-12H2,1H3. The maximum absolute atomic E-state index is 11.6. The molecule has 0 aromatic heterocycles. The van der Waals surface area contributed by atoms with E-state index < -0.39 is 7.80 Å². The fourth-order valence-electron chi connectivity index (χ4n) is 2.00. The molecule has 108 valence electrons. The Morgan fingerprint density at radius 2 is 1.44 bits per heavy atom. The van der Waals surface area contributed by atoms with Gasteiger partial charge >= 0.3 is 0 Å². The highest BCUT2D eigenvalue weighted by atomic mass is 31.1. The van der Waals surface area contributed by atoms with Gasteiger partial charge in [-0.25, -0.2) is 0 Å². The van der Waals surface area contributed by atoms with E-state index in [4.69, 9.17) is 0 Å². The van der Waals surface area contributed by atoms with Crippen molar-refractivity contribution in [1.29, 1.82) is 0 Å². The second-order valence-corrected chi connectivity index (χ2v) is 7.02. The lowest BCUT2D eigenvalue weighted by Crippen LogP contribution is -2.42. The van der Waals surface area contributed by atoms with Gasteiger partial charge in [0.05, 0.1) is 7.80 Å². The third-order valence-corrected chi connectivity index (χ3v) is 4.84. The van der Waals surface area contributed by atoms with Crippen LogP contribution >= 0.6 is 7.80 Å². The molecule has 1 unspecified atom stereocenters. The van der Waals surface area contributed by atoms with E-state index in [2.05, 4.69) is 20.9 Å². The highest BCUT2D eigenvalue weighted by Crippen LogP contribution is 2.18. The molecule has 1 aliphatic heterocycles. The minimum absolute atomic E-state index is 0.848. The highest BCUT2D eigenvalue weighted by molar-refractivity contribution is 7.44. The molecule has 1 rings (SSSR count). The molecule has 0 aromatic rings. The van der Waals surface area contributed by atoms with E-state index >= 15 is 0 Å². The molecule has 1 saturated heterocycles. The molecule has 18 heavy (non-hydrogen) atoms. The van der Waals surface area contributed by atoms with Crippen molar-refractivity contribution in [1.82, 2.24) is 20.9 Å². The number of rotatable bonds is 4. The summed E-state index contributed by atoms with van der Waals surface area (Å²) in [7, 11) is -1.32. The molecule has 1 fully saturated rings. The monoisotopic (exact) mass is 276 g/mol. The molecule has 1 heterocycles. The van der Waals surface area contributed by atoms with Crippen LogP contribution in [0.2, 0.25) is 0 Å². The minimum Gasteiger partial charge on any atom is -0.327 e. The van der Waals surface area contributed by atoms with E-state index in [1.165, 1.54) is 0 Å². The Hall–Kier alpha value is 0.0700. The van der Waals surface area contributed by atoms with Crippen LogP contribution in [0.4, 0.5) is 0 Å². The average Bonchev–Trinajstić information content (AvgIpc) is 2.37. The van der Waals surface area contributed by atoms with Crippen molar-refractivity contribution in [3.63, 3.8) is 0 Å². The first-order valence-electron chi connectivity index (χ1n) is 7.19. The summed E-state index contributed by atoms with van der Waals surface area (Å²) in [4.78, 5) is 2.42. The van der Waals surface area contributed by atoms with Crippen molar-refractivity contribution in [3.05, 3.63) is 0 Å². The predicted molar refractivity (Wildman–Crippen MR) is 79.5 cm³/mol. The van der Waals surface area contributed by atoms with Gasteiger partial charge in [-0.05, 0) is 6.16 Å². The van der Waals surface area contributed by atoms with Gasteiger partial charge in [0.1, 0.15) is 0 Å². The van der Waals surface area contributed by atoms with E-state index in [0.717, 1.165) is 71.2 Å². The van der Waals surface area contributed by atoms with Crippen molar-refractivity contribution < 1.29 is 4.57 Å². The van der Waals surface area contributed by atoms with E-state index in [1.807, 2.05) is 6.92 Å². The van der Waals surface area contributed by atoms with Gasteiger partial charge in [-0.3, -0.25) is 0 Å².